The number of rotatable bonds is 5. The smallest absolute Gasteiger partial charge is 0.356 e. The van der Waals surface area contributed by atoms with Crippen LogP contribution in [0, 0.1) is 11.6 Å². The minimum absolute atomic E-state index is 0. The van der Waals surface area contributed by atoms with Gasteiger partial charge in [0.15, 0.2) is 11.7 Å². The number of aliphatic imine (C=N–C) groups is 1. The normalized spacial score (nSPS) is 19.1. The third kappa shape index (κ3) is 5.52. The Morgan fingerprint density at radius 3 is 2.54 bits per heavy atom. The van der Waals surface area contributed by atoms with Crippen molar-refractivity contribution in [1.82, 2.24) is 15.6 Å². The second kappa shape index (κ2) is 9.33. The lowest BCUT2D eigenvalue weighted by Crippen LogP contribution is -2.40. The number of hydrogen-bond acceptors (Lipinski definition) is 3. The summed E-state index contributed by atoms with van der Waals surface area (Å²) in [6.45, 7) is 0.329. The SMILES string of the molecule is CN=C(NCCc1nc(C(F)(F)F)cs1)NC1CC1c1c(F)cccc1F.I. The summed E-state index contributed by atoms with van der Waals surface area (Å²) in [4.78, 5) is 7.59. The van der Waals surface area contributed by atoms with Crippen LogP contribution in [-0.4, -0.2) is 30.6 Å². The summed E-state index contributed by atoms with van der Waals surface area (Å²) in [5.74, 6) is -1.00. The third-order valence-electron chi connectivity index (χ3n) is 4.18. The summed E-state index contributed by atoms with van der Waals surface area (Å²) >= 11 is 0.948. The highest BCUT2D eigenvalue weighted by molar-refractivity contribution is 14.0. The van der Waals surface area contributed by atoms with Crippen molar-refractivity contribution in [2.75, 3.05) is 13.6 Å². The van der Waals surface area contributed by atoms with Crippen LogP contribution in [0.25, 0.3) is 0 Å². The van der Waals surface area contributed by atoms with Gasteiger partial charge in [-0.25, -0.2) is 13.8 Å². The molecule has 1 aromatic carbocycles. The molecule has 1 aromatic heterocycles. The molecule has 3 rings (SSSR count). The topological polar surface area (TPSA) is 49.3 Å². The van der Waals surface area contributed by atoms with Gasteiger partial charge in [0.05, 0.1) is 5.01 Å². The molecule has 1 aliphatic rings. The van der Waals surface area contributed by atoms with E-state index in [2.05, 4.69) is 20.6 Å². The quantitative estimate of drug-likeness (QED) is 0.261. The van der Waals surface area contributed by atoms with Crippen LogP contribution in [0.5, 0.6) is 0 Å². The first-order valence-corrected chi connectivity index (χ1v) is 9.10. The highest BCUT2D eigenvalue weighted by Crippen LogP contribution is 2.43. The molecule has 11 heteroatoms. The number of nitrogens with one attached hydrogen (secondary N) is 2. The van der Waals surface area contributed by atoms with Gasteiger partial charge in [-0.3, -0.25) is 4.99 Å². The van der Waals surface area contributed by atoms with E-state index in [0.29, 0.717) is 30.4 Å². The van der Waals surface area contributed by atoms with Gasteiger partial charge in [0.1, 0.15) is 11.6 Å². The van der Waals surface area contributed by atoms with Crippen LogP contribution in [0.2, 0.25) is 0 Å². The molecule has 0 radical (unpaired) electrons. The second-order valence-electron chi connectivity index (χ2n) is 6.10. The van der Waals surface area contributed by atoms with Crippen molar-refractivity contribution in [2.24, 2.45) is 4.99 Å². The van der Waals surface area contributed by atoms with Crippen LogP contribution in [0.3, 0.4) is 0 Å². The highest BCUT2D eigenvalue weighted by Gasteiger charge is 2.42. The molecular weight excluding hydrogens is 514 g/mol. The Kier molecular flexibility index (Phi) is 7.59. The van der Waals surface area contributed by atoms with E-state index < -0.39 is 23.5 Å². The van der Waals surface area contributed by atoms with Crippen molar-refractivity contribution in [1.29, 1.82) is 0 Å². The average molecular weight is 532 g/mol. The molecule has 1 fully saturated rings. The number of nitrogens with zero attached hydrogens (tertiary/aromatic N) is 2. The fraction of sp³-hybridized carbons (Fsp3) is 0.412. The molecule has 1 saturated carbocycles. The van der Waals surface area contributed by atoms with E-state index in [1.54, 1.807) is 7.05 Å². The third-order valence-corrected chi connectivity index (χ3v) is 5.09. The monoisotopic (exact) mass is 532 g/mol. The minimum atomic E-state index is -4.44. The molecule has 154 valence electrons. The molecule has 2 aromatic rings. The number of alkyl halides is 3. The summed E-state index contributed by atoms with van der Waals surface area (Å²) in [6.07, 6.45) is -3.57. The van der Waals surface area contributed by atoms with Crippen molar-refractivity contribution in [3.63, 3.8) is 0 Å². The van der Waals surface area contributed by atoms with Crippen LogP contribution in [-0.2, 0) is 12.6 Å². The molecule has 1 aliphatic carbocycles. The summed E-state index contributed by atoms with van der Waals surface area (Å²) in [7, 11) is 1.54. The van der Waals surface area contributed by atoms with Crippen LogP contribution < -0.4 is 10.6 Å². The lowest BCUT2D eigenvalue weighted by Gasteiger charge is -2.11. The Morgan fingerprint density at radius 1 is 1.29 bits per heavy atom. The van der Waals surface area contributed by atoms with Gasteiger partial charge in [-0.05, 0) is 18.6 Å². The van der Waals surface area contributed by atoms with Gasteiger partial charge in [-0.15, -0.1) is 35.3 Å². The number of aromatic nitrogens is 1. The molecule has 0 spiro atoms. The van der Waals surface area contributed by atoms with E-state index in [1.807, 2.05) is 0 Å². The predicted octanol–water partition coefficient (Wildman–Crippen LogP) is 4.32. The summed E-state index contributed by atoms with van der Waals surface area (Å²) in [5, 5.41) is 7.39. The summed E-state index contributed by atoms with van der Waals surface area (Å²) in [6, 6.07) is 3.62. The van der Waals surface area contributed by atoms with E-state index in [-0.39, 0.29) is 41.5 Å². The summed E-state index contributed by atoms with van der Waals surface area (Å²) < 4.78 is 65.2. The van der Waals surface area contributed by atoms with Gasteiger partial charge >= 0.3 is 6.18 Å². The Labute approximate surface area is 179 Å². The fourth-order valence-corrected chi connectivity index (χ4v) is 3.56. The molecule has 4 nitrogen and oxygen atoms in total. The number of halogens is 6. The zero-order chi connectivity index (χ0) is 19.6. The molecule has 0 amide bonds. The number of hydrogen-bond donors (Lipinski definition) is 2. The number of benzene rings is 1. The maximum Gasteiger partial charge on any atom is 0.434 e. The van der Waals surface area contributed by atoms with E-state index in [0.717, 1.165) is 16.7 Å². The lowest BCUT2D eigenvalue weighted by molar-refractivity contribution is -0.140. The van der Waals surface area contributed by atoms with Crippen LogP contribution in [0.1, 0.15) is 28.6 Å². The van der Waals surface area contributed by atoms with E-state index in [4.69, 9.17) is 0 Å². The van der Waals surface area contributed by atoms with Crippen LogP contribution in [0.15, 0.2) is 28.6 Å². The van der Waals surface area contributed by atoms with Crippen LogP contribution >= 0.6 is 35.3 Å². The Balaban J connectivity index is 0.00000280. The standard InChI is InChI=1S/C17H17F5N4S.HI/c1-23-16(24-6-5-14-26-13(8-27-14)17(20,21)22)25-12-7-9(12)15-10(18)3-2-4-11(15)19;/h2-4,8-9,12H,5-7H2,1H3,(H2,23,24,25);1H. The Bertz CT molecular complexity index is 819. The van der Waals surface area contributed by atoms with Gasteiger partial charge in [-0.1, -0.05) is 6.07 Å². The Hall–Kier alpha value is -1.50. The molecule has 2 atom stereocenters. The van der Waals surface area contributed by atoms with E-state index in [1.165, 1.54) is 18.2 Å². The highest BCUT2D eigenvalue weighted by atomic mass is 127. The molecule has 28 heavy (non-hydrogen) atoms. The molecule has 0 aliphatic heterocycles. The maximum absolute atomic E-state index is 13.8. The first-order chi connectivity index (χ1) is 12.8. The number of guanidine groups is 1. The minimum Gasteiger partial charge on any atom is -0.356 e. The van der Waals surface area contributed by atoms with E-state index >= 15 is 0 Å². The van der Waals surface area contributed by atoms with Crippen molar-refractivity contribution < 1.29 is 22.0 Å². The lowest BCUT2D eigenvalue weighted by atomic mass is 10.1. The molecule has 1 heterocycles. The molecule has 0 bridgehead atoms. The van der Waals surface area contributed by atoms with Gasteiger partial charge in [-0.2, -0.15) is 13.2 Å². The zero-order valence-corrected chi connectivity index (χ0v) is 17.8. The van der Waals surface area contributed by atoms with E-state index in [9.17, 15) is 22.0 Å². The average Bonchev–Trinajstić information content (AvgIpc) is 3.15. The van der Waals surface area contributed by atoms with Crippen molar-refractivity contribution in [3.05, 3.63) is 51.5 Å². The molecule has 2 N–H and O–H groups in total. The predicted molar refractivity (Wildman–Crippen MR) is 108 cm³/mol. The fourth-order valence-electron chi connectivity index (χ4n) is 2.75. The van der Waals surface area contributed by atoms with Gasteiger partial charge in [0.25, 0.3) is 0 Å². The molecular formula is C17H18F5IN4S. The van der Waals surface area contributed by atoms with Gasteiger partial charge in [0, 0.05) is 42.9 Å². The zero-order valence-electron chi connectivity index (χ0n) is 14.7. The van der Waals surface area contributed by atoms with Crippen LogP contribution in [0.4, 0.5) is 22.0 Å². The number of thiazole rings is 1. The summed E-state index contributed by atoms with van der Waals surface area (Å²) in [5.41, 5.74) is -0.828. The first-order valence-electron chi connectivity index (χ1n) is 8.22. The van der Waals surface area contributed by atoms with Crippen molar-refractivity contribution >= 4 is 41.3 Å². The first kappa shape index (κ1) is 22.8. The van der Waals surface area contributed by atoms with Crippen molar-refractivity contribution in [2.45, 2.75) is 31.0 Å². The molecule has 0 saturated heterocycles. The molecule has 2 unspecified atom stereocenters. The Morgan fingerprint density at radius 2 is 1.96 bits per heavy atom. The largest absolute Gasteiger partial charge is 0.434 e. The van der Waals surface area contributed by atoms with Gasteiger partial charge in [0.2, 0.25) is 0 Å². The van der Waals surface area contributed by atoms with Crippen molar-refractivity contribution in [3.8, 4) is 0 Å². The maximum atomic E-state index is 13.8. The van der Waals surface area contributed by atoms with Gasteiger partial charge < -0.3 is 10.6 Å². The second-order valence-corrected chi connectivity index (χ2v) is 7.04.